The fourth-order valence-corrected chi connectivity index (χ4v) is 4.93. The van der Waals surface area contributed by atoms with E-state index in [0.29, 0.717) is 26.4 Å². The molecule has 1 atom stereocenters. The largest absolute Gasteiger partial charge is 0.488 e. The fourth-order valence-electron chi connectivity index (χ4n) is 3.81. The molecule has 5 nitrogen and oxygen atoms in total. The van der Waals surface area contributed by atoms with Gasteiger partial charge in [-0.05, 0) is 37.5 Å². The highest BCUT2D eigenvalue weighted by Gasteiger charge is 2.36. The predicted molar refractivity (Wildman–Crippen MR) is 110 cm³/mol. The lowest BCUT2D eigenvalue weighted by atomic mass is 9.82. The number of para-hydroxylation sites is 1. The molecule has 28 heavy (non-hydrogen) atoms. The molecule has 2 aliphatic rings. The Balaban J connectivity index is 1.33. The minimum absolute atomic E-state index is 0.00962. The molecule has 1 aromatic heterocycles. The van der Waals surface area contributed by atoms with Gasteiger partial charge >= 0.3 is 0 Å². The Bertz CT molecular complexity index is 843. The minimum Gasteiger partial charge on any atom is -0.488 e. The molecule has 0 spiro atoms. The highest BCUT2D eigenvalue weighted by Crippen LogP contribution is 2.42. The second-order valence-corrected chi connectivity index (χ2v) is 8.74. The number of thiophene rings is 1. The van der Waals surface area contributed by atoms with Gasteiger partial charge in [-0.3, -0.25) is 4.79 Å². The van der Waals surface area contributed by atoms with Crippen molar-refractivity contribution in [3.63, 3.8) is 0 Å². The Morgan fingerprint density at radius 1 is 1.29 bits per heavy atom. The third-order valence-corrected chi connectivity index (χ3v) is 6.97. The average molecular weight is 402 g/mol. The van der Waals surface area contributed by atoms with E-state index < -0.39 is 0 Å². The summed E-state index contributed by atoms with van der Waals surface area (Å²) in [5.41, 5.74) is 2.15. The van der Waals surface area contributed by atoms with E-state index in [1.54, 1.807) is 11.3 Å². The standard InChI is InChI=1S/C22H27NO4S/c1-3-22(2,21-25-11-12-26-21)9-6-10-23-20(24)18-13-15-14-27-17-8-5-4-7-16(17)19(15)28-18/h4-5,7-8,13,21H,3,6,9-12,14H2,1-2H3,(H,23,24). The molecule has 0 saturated carbocycles. The van der Waals surface area contributed by atoms with Gasteiger partial charge in [-0.25, -0.2) is 0 Å². The van der Waals surface area contributed by atoms with Crippen LogP contribution in [0.3, 0.4) is 0 Å². The van der Waals surface area contributed by atoms with Crippen LogP contribution in [0, 0.1) is 5.41 Å². The molecule has 4 rings (SSSR count). The van der Waals surface area contributed by atoms with E-state index in [9.17, 15) is 4.79 Å². The zero-order valence-corrected chi connectivity index (χ0v) is 17.3. The lowest BCUT2D eigenvalue weighted by molar-refractivity contribution is -0.131. The Kier molecular flexibility index (Phi) is 5.71. The Morgan fingerprint density at radius 3 is 2.86 bits per heavy atom. The molecule has 1 saturated heterocycles. The number of carbonyl (C=O) groups excluding carboxylic acids is 1. The summed E-state index contributed by atoms with van der Waals surface area (Å²) < 4.78 is 17.2. The van der Waals surface area contributed by atoms with Crippen molar-refractivity contribution in [3.8, 4) is 16.2 Å². The molecule has 1 N–H and O–H groups in total. The summed E-state index contributed by atoms with van der Waals surface area (Å²) in [6.45, 7) is 6.89. The molecule has 0 bridgehead atoms. The third kappa shape index (κ3) is 3.81. The first-order valence-electron chi connectivity index (χ1n) is 9.97. The van der Waals surface area contributed by atoms with Gasteiger partial charge in [0.25, 0.3) is 5.91 Å². The Hall–Kier alpha value is -1.89. The highest BCUT2D eigenvalue weighted by atomic mass is 32.1. The number of ether oxygens (including phenoxy) is 3. The van der Waals surface area contributed by atoms with Crippen LogP contribution in [-0.4, -0.2) is 32.0 Å². The van der Waals surface area contributed by atoms with Crippen molar-refractivity contribution in [2.24, 2.45) is 5.41 Å². The van der Waals surface area contributed by atoms with Gasteiger partial charge in [0.2, 0.25) is 0 Å². The Labute approximate surface area is 170 Å². The molecule has 1 aromatic carbocycles. The number of amides is 1. The van der Waals surface area contributed by atoms with Gasteiger partial charge in [-0.15, -0.1) is 11.3 Å². The quantitative estimate of drug-likeness (QED) is 0.689. The number of hydrogen-bond donors (Lipinski definition) is 1. The molecular weight excluding hydrogens is 374 g/mol. The van der Waals surface area contributed by atoms with Gasteiger partial charge in [-0.2, -0.15) is 0 Å². The van der Waals surface area contributed by atoms with Crippen LogP contribution in [-0.2, 0) is 16.1 Å². The van der Waals surface area contributed by atoms with E-state index in [1.165, 1.54) is 0 Å². The summed E-state index contributed by atoms with van der Waals surface area (Å²) in [4.78, 5) is 14.5. The van der Waals surface area contributed by atoms with Crippen molar-refractivity contribution in [2.75, 3.05) is 19.8 Å². The maximum absolute atomic E-state index is 12.6. The Morgan fingerprint density at radius 2 is 2.07 bits per heavy atom. The zero-order chi connectivity index (χ0) is 19.6. The van der Waals surface area contributed by atoms with Crippen molar-refractivity contribution < 1.29 is 19.0 Å². The first kappa shape index (κ1) is 19.4. The van der Waals surface area contributed by atoms with Gasteiger partial charge in [0, 0.05) is 28.0 Å². The van der Waals surface area contributed by atoms with Gasteiger partial charge in [0.1, 0.15) is 12.4 Å². The number of rotatable bonds is 7. The summed E-state index contributed by atoms with van der Waals surface area (Å²) in [7, 11) is 0. The number of carbonyl (C=O) groups is 1. The predicted octanol–water partition coefficient (Wildman–Crippen LogP) is 4.61. The van der Waals surface area contributed by atoms with Crippen LogP contribution in [0.2, 0.25) is 0 Å². The lowest BCUT2D eigenvalue weighted by Gasteiger charge is -2.33. The molecule has 6 heteroatoms. The summed E-state index contributed by atoms with van der Waals surface area (Å²) in [6, 6.07) is 9.95. The topological polar surface area (TPSA) is 56.8 Å². The van der Waals surface area contributed by atoms with Crippen molar-refractivity contribution in [1.82, 2.24) is 5.32 Å². The lowest BCUT2D eigenvalue weighted by Crippen LogP contribution is -2.34. The molecule has 1 amide bonds. The smallest absolute Gasteiger partial charge is 0.261 e. The van der Waals surface area contributed by atoms with E-state index in [4.69, 9.17) is 14.2 Å². The summed E-state index contributed by atoms with van der Waals surface area (Å²) in [6.07, 6.45) is 2.72. The van der Waals surface area contributed by atoms with Crippen molar-refractivity contribution >= 4 is 17.2 Å². The molecule has 1 fully saturated rings. The summed E-state index contributed by atoms with van der Waals surface area (Å²) in [5, 5.41) is 3.07. The molecular formula is C22H27NO4S. The first-order chi connectivity index (χ1) is 13.6. The van der Waals surface area contributed by atoms with Gasteiger partial charge in [-0.1, -0.05) is 26.0 Å². The van der Waals surface area contributed by atoms with Crippen LogP contribution in [0.15, 0.2) is 30.3 Å². The highest BCUT2D eigenvalue weighted by molar-refractivity contribution is 7.17. The fraction of sp³-hybridized carbons (Fsp3) is 0.500. The van der Waals surface area contributed by atoms with Crippen LogP contribution in [0.5, 0.6) is 5.75 Å². The van der Waals surface area contributed by atoms with E-state index in [0.717, 1.165) is 45.9 Å². The molecule has 150 valence electrons. The van der Waals surface area contributed by atoms with Crippen LogP contribution in [0.4, 0.5) is 0 Å². The number of nitrogens with one attached hydrogen (secondary N) is 1. The van der Waals surface area contributed by atoms with Crippen LogP contribution < -0.4 is 10.1 Å². The molecule has 2 aliphatic heterocycles. The van der Waals surface area contributed by atoms with Crippen molar-refractivity contribution in [3.05, 3.63) is 40.8 Å². The summed E-state index contributed by atoms with van der Waals surface area (Å²) in [5.74, 6) is 0.877. The third-order valence-electron chi connectivity index (χ3n) is 5.76. The van der Waals surface area contributed by atoms with Crippen molar-refractivity contribution in [2.45, 2.75) is 46.0 Å². The second kappa shape index (κ2) is 8.23. The van der Waals surface area contributed by atoms with Gasteiger partial charge in [0.05, 0.1) is 18.1 Å². The SMILES string of the molecule is CCC(C)(CCCNC(=O)c1cc2c(s1)-c1ccccc1OC2)C1OCCO1. The molecule has 0 radical (unpaired) electrons. The van der Waals surface area contributed by atoms with Crippen LogP contribution >= 0.6 is 11.3 Å². The number of benzene rings is 1. The van der Waals surface area contributed by atoms with Gasteiger partial charge in [0.15, 0.2) is 6.29 Å². The van der Waals surface area contributed by atoms with E-state index in [1.807, 2.05) is 30.3 Å². The number of fused-ring (bicyclic) bond motifs is 3. The molecule has 1 unspecified atom stereocenters. The molecule has 0 aliphatic carbocycles. The second-order valence-electron chi connectivity index (χ2n) is 7.69. The zero-order valence-electron chi connectivity index (χ0n) is 16.5. The maximum atomic E-state index is 12.6. The minimum atomic E-state index is -0.128. The molecule has 2 aromatic rings. The van der Waals surface area contributed by atoms with Gasteiger partial charge < -0.3 is 19.5 Å². The van der Waals surface area contributed by atoms with E-state index in [2.05, 4.69) is 19.2 Å². The normalized spacial score (nSPS) is 18.1. The maximum Gasteiger partial charge on any atom is 0.261 e. The van der Waals surface area contributed by atoms with Crippen molar-refractivity contribution in [1.29, 1.82) is 0 Å². The summed E-state index contributed by atoms with van der Waals surface area (Å²) >= 11 is 1.54. The van der Waals surface area contributed by atoms with E-state index >= 15 is 0 Å². The average Bonchev–Trinajstić information content (AvgIpc) is 3.41. The number of hydrogen-bond acceptors (Lipinski definition) is 5. The van der Waals surface area contributed by atoms with Crippen LogP contribution in [0.25, 0.3) is 10.4 Å². The first-order valence-corrected chi connectivity index (χ1v) is 10.8. The monoisotopic (exact) mass is 401 g/mol. The van der Waals surface area contributed by atoms with Crippen LogP contribution in [0.1, 0.15) is 48.3 Å². The van der Waals surface area contributed by atoms with E-state index in [-0.39, 0.29) is 17.6 Å². The molecule has 3 heterocycles.